The standard InChI is InChI=1S/C47H67N7O9/c1-31(2)26-36(50-40(56)37(27-32-14-8-6-9-15-32)51-41(57)38(52-44(60)61)28-33-16-10-7-11-17-33)39(55)49-35(18-12-13-23-48-45(62)63-46(3,4)5)43(59)54-29-47(30-54)21-24-53(25-22-47)42(58)34-19-20-34/h6-11,14-17,31,34-38,52H,12-13,18-30H2,1-5H3,(H,48,62)(H,49,55)(H,50,56)(H,51,57)(H,60,61). The Morgan fingerprint density at radius 3 is 1.73 bits per heavy atom. The maximum absolute atomic E-state index is 14.3. The molecule has 3 aliphatic rings. The van der Waals surface area contributed by atoms with E-state index in [0.29, 0.717) is 51.1 Å². The summed E-state index contributed by atoms with van der Waals surface area (Å²) in [5, 5.41) is 23.2. The highest BCUT2D eigenvalue weighted by Crippen LogP contribution is 2.42. The maximum Gasteiger partial charge on any atom is 0.407 e. The summed E-state index contributed by atoms with van der Waals surface area (Å²) in [5.74, 6) is -1.79. The topological polar surface area (TPSA) is 216 Å². The fourth-order valence-corrected chi connectivity index (χ4v) is 8.27. The molecule has 0 radical (unpaired) electrons. The van der Waals surface area contributed by atoms with E-state index < -0.39 is 59.7 Å². The van der Waals surface area contributed by atoms with Gasteiger partial charge in [0.05, 0.1) is 0 Å². The normalized spacial score (nSPS) is 17.6. The van der Waals surface area contributed by atoms with Gasteiger partial charge in [-0.3, -0.25) is 24.0 Å². The molecular weight excluding hydrogens is 807 g/mol. The molecule has 3 fully saturated rings. The number of likely N-dealkylation sites (tertiary alicyclic amines) is 2. The average Bonchev–Trinajstić information content (AvgIpc) is 4.07. The second-order valence-corrected chi connectivity index (χ2v) is 18.9. The Kier molecular flexibility index (Phi) is 17.0. The molecule has 63 heavy (non-hydrogen) atoms. The minimum absolute atomic E-state index is 0.0419. The van der Waals surface area contributed by atoms with Gasteiger partial charge in [-0.1, -0.05) is 74.5 Å². The molecule has 2 heterocycles. The van der Waals surface area contributed by atoms with Crippen LogP contribution < -0.4 is 26.6 Å². The van der Waals surface area contributed by atoms with E-state index in [1.807, 2.05) is 30.9 Å². The summed E-state index contributed by atoms with van der Waals surface area (Å²) in [5.41, 5.74) is 0.718. The van der Waals surface area contributed by atoms with Crippen molar-refractivity contribution in [2.24, 2.45) is 17.3 Å². The van der Waals surface area contributed by atoms with Crippen molar-refractivity contribution in [3.05, 3.63) is 71.8 Å². The smallest absolute Gasteiger partial charge is 0.407 e. The van der Waals surface area contributed by atoms with Gasteiger partial charge in [0, 0.05) is 56.9 Å². The van der Waals surface area contributed by atoms with Crippen LogP contribution in [-0.2, 0) is 41.6 Å². The third kappa shape index (κ3) is 15.3. The fourth-order valence-electron chi connectivity index (χ4n) is 8.27. The highest BCUT2D eigenvalue weighted by Gasteiger charge is 2.49. The van der Waals surface area contributed by atoms with Crippen molar-refractivity contribution in [2.45, 2.75) is 129 Å². The Morgan fingerprint density at radius 1 is 0.714 bits per heavy atom. The number of carbonyl (C=O) groups excluding carboxylic acids is 6. The quantitative estimate of drug-likeness (QED) is 0.105. The average molecular weight is 874 g/mol. The number of benzene rings is 2. The molecule has 4 unspecified atom stereocenters. The number of unbranched alkanes of at least 4 members (excludes halogenated alkanes) is 1. The number of carboxylic acid groups (broad SMARTS) is 1. The molecule has 6 N–H and O–H groups in total. The molecule has 1 aliphatic carbocycles. The Labute approximate surface area is 371 Å². The van der Waals surface area contributed by atoms with Crippen LogP contribution in [0, 0.1) is 17.3 Å². The summed E-state index contributed by atoms with van der Waals surface area (Å²) in [6.07, 6.45) is 3.21. The first kappa shape index (κ1) is 48.4. The van der Waals surface area contributed by atoms with Gasteiger partial charge in [-0.2, -0.15) is 0 Å². The van der Waals surface area contributed by atoms with E-state index in [0.717, 1.165) is 31.2 Å². The van der Waals surface area contributed by atoms with Gasteiger partial charge >= 0.3 is 12.2 Å². The molecule has 5 rings (SSSR count). The number of hydrogen-bond acceptors (Lipinski definition) is 8. The summed E-state index contributed by atoms with van der Waals surface area (Å²) < 4.78 is 5.34. The van der Waals surface area contributed by atoms with Gasteiger partial charge in [0.1, 0.15) is 29.8 Å². The summed E-state index contributed by atoms with van der Waals surface area (Å²) in [6, 6.07) is 13.6. The van der Waals surface area contributed by atoms with Crippen molar-refractivity contribution >= 4 is 41.7 Å². The molecule has 0 aromatic heterocycles. The van der Waals surface area contributed by atoms with Crippen LogP contribution in [0.15, 0.2) is 60.7 Å². The molecule has 16 nitrogen and oxygen atoms in total. The number of nitrogens with zero attached hydrogens (tertiary/aromatic N) is 2. The van der Waals surface area contributed by atoms with Gasteiger partial charge < -0.3 is 46.2 Å². The second-order valence-electron chi connectivity index (χ2n) is 18.9. The van der Waals surface area contributed by atoms with Gasteiger partial charge in [-0.05, 0) is 89.2 Å². The van der Waals surface area contributed by atoms with Crippen LogP contribution in [-0.4, -0.2) is 119 Å². The Hall–Kier alpha value is -5.67. The van der Waals surface area contributed by atoms with Gasteiger partial charge in [0.2, 0.25) is 29.5 Å². The number of nitrogens with one attached hydrogen (secondary N) is 5. The zero-order chi connectivity index (χ0) is 45.7. The first-order valence-electron chi connectivity index (χ1n) is 22.4. The van der Waals surface area contributed by atoms with Crippen molar-refractivity contribution in [3.63, 3.8) is 0 Å². The van der Waals surface area contributed by atoms with Crippen LogP contribution in [0.3, 0.4) is 0 Å². The number of piperidine rings is 1. The lowest BCUT2D eigenvalue weighted by Crippen LogP contribution is -2.65. The highest BCUT2D eigenvalue weighted by molar-refractivity contribution is 5.95. The summed E-state index contributed by atoms with van der Waals surface area (Å²) in [7, 11) is 0. The van der Waals surface area contributed by atoms with Crippen LogP contribution in [0.1, 0.15) is 97.1 Å². The molecule has 2 aromatic rings. The summed E-state index contributed by atoms with van der Waals surface area (Å²) in [6.45, 7) is 11.9. The van der Waals surface area contributed by atoms with E-state index in [4.69, 9.17) is 4.74 Å². The lowest BCUT2D eigenvalue weighted by Gasteiger charge is -2.54. The van der Waals surface area contributed by atoms with E-state index in [2.05, 4.69) is 26.6 Å². The molecule has 1 spiro atoms. The molecule has 344 valence electrons. The van der Waals surface area contributed by atoms with E-state index in [1.165, 1.54) is 0 Å². The van der Waals surface area contributed by atoms with Crippen molar-refractivity contribution in [1.82, 2.24) is 36.4 Å². The zero-order valence-corrected chi connectivity index (χ0v) is 37.5. The molecule has 2 aromatic carbocycles. The lowest BCUT2D eigenvalue weighted by molar-refractivity contribution is -0.153. The van der Waals surface area contributed by atoms with E-state index >= 15 is 0 Å². The predicted octanol–water partition coefficient (Wildman–Crippen LogP) is 4.16. The second kappa shape index (κ2) is 22.1. The minimum atomic E-state index is -1.40. The molecule has 2 aliphatic heterocycles. The number of amides is 7. The van der Waals surface area contributed by atoms with Gasteiger partial charge in [-0.25, -0.2) is 9.59 Å². The number of hydrogen-bond donors (Lipinski definition) is 6. The van der Waals surface area contributed by atoms with Gasteiger partial charge in [0.25, 0.3) is 0 Å². The Balaban J connectivity index is 1.28. The summed E-state index contributed by atoms with van der Waals surface area (Å²) in [4.78, 5) is 96.9. The van der Waals surface area contributed by atoms with E-state index in [9.17, 15) is 38.7 Å². The lowest BCUT2D eigenvalue weighted by atomic mass is 9.71. The number of alkyl carbamates (subject to hydrolysis) is 1. The highest BCUT2D eigenvalue weighted by atomic mass is 16.6. The van der Waals surface area contributed by atoms with Crippen LogP contribution in [0.2, 0.25) is 0 Å². The minimum Gasteiger partial charge on any atom is -0.465 e. The molecule has 2 saturated heterocycles. The van der Waals surface area contributed by atoms with Crippen molar-refractivity contribution in [2.75, 3.05) is 32.7 Å². The van der Waals surface area contributed by atoms with E-state index in [-0.39, 0.29) is 54.7 Å². The third-order valence-electron chi connectivity index (χ3n) is 11.8. The van der Waals surface area contributed by atoms with Crippen LogP contribution in [0.4, 0.5) is 9.59 Å². The first-order valence-corrected chi connectivity index (χ1v) is 22.4. The monoisotopic (exact) mass is 874 g/mol. The van der Waals surface area contributed by atoms with Crippen molar-refractivity contribution in [1.29, 1.82) is 0 Å². The SMILES string of the molecule is CC(C)CC(NC(=O)C(Cc1ccccc1)NC(=O)C(Cc1ccccc1)NC(=O)O)C(=O)NC(CCCCNC(=O)OC(C)(C)C)C(=O)N1CC2(CCN(C(=O)C3CC3)CC2)C1. The van der Waals surface area contributed by atoms with Crippen LogP contribution in [0.25, 0.3) is 0 Å². The van der Waals surface area contributed by atoms with Crippen LogP contribution in [0.5, 0.6) is 0 Å². The predicted molar refractivity (Wildman–Crippen MR) is 236 cm³/mol. The molecule has 1 saturated carbocycles. The third-order valence-corrected chi connectivity index (χ3v) is 11.8. The molecular formula is C47H67N7O9. The molecule has 4 atom stereocenters. The van der Waals surface area contributed by atoms with E-state index in [1.54, 1.807) is 74.2 Å². The summed E-state index contributed by atoms with van der Waals surface area (Å²) >= 11 is 0. The Morgan fingerprint density at radius 2 is 1.22 bits per heavy atom. The van der Waals surface area contributed by atoms with Gasteiger partial charge in [-0.15, -0.1) is 0 Å². The number of ether oxygens (including phenoxy) is 1. The van der Waals surface area contributed by atoms with Crippen LogP contribution >= 0.6 is 0 Å². The molecule has 16 heteroatoms. The molecule has 7 amide bonds. The first-order chi connectivity index (χ1) is 29.9. The number of rotatable bonds is 20. The maximum atomic E-state index is 14.3. The largest absolute Gasteiger partial charge is 0.465 e. The van der Waals surface area contributed by atoms with Crippen molar-refractivity contribution in [3.8, 4) is 0 Å². The van der Waals surface area contributed by atoms with Crippen molar-refractivity contribution < 1.29 is 43.4 Å². The Bertz CT molecular complexity index is 1880. The number of carbonyl (C=O) groups is 7. The van der Waals surface area contributed by atoms with Gasteiger partial charge in [0.15, 0.2) is 0 Å². The molecule has 0 bridgehead atoms. The fraction of sp³-hybridized carbons (Fsp3) is 0.596. The zero-order valence-electron chi connectivity index (χ0n) is 37.5.